The third-order valence-electron chi connectivity index (χ3n) is 7.92. The number of carboxylic acid groups (broad SMARTS) is 3. The minimum Gasteiger partial charge on any atom is -0.481 e. The van der Waals surface area contributed by atoms with Crippen molar-refractivity contribution in [2.75, 3.05) is 44.2 Å². The van der Waals surface area contributed by atoms with Crippen LogP contribution in [-0.4, -0.2) is 115 Å². The molecule has 0 bridgehead atoms. The third-order valence-corrected chi connectivity index (χ3v) is 7.92. The Hall–Kier alpha value is -3.65. The molecule has 1 aliphatic carbocycles. The quantitative estimate of drug-likeness (QED) is 0.213. The third kappa shape index (κ3) is 9.18. The van der Waals surface area contributed by atoms with Gasteiger partial charge in [-0.2, -0.15) is 0 Å². The molecule has 226 valence electrons. The molecule has 1 aromatic heterocycles. The summed E-state index contributed by atoms with van der Waals surface area (Å²) in [6.45, 7) is 5.49. The zero-order valence-corrected chi connectivity index (χ0v) is 23.1. The van der Waals surface area contributed by atoms with Gasteiger partial charge in [-0.15, -0.1) is 0 Å². The van der Waals surface area contributed by atoms with E-state index in [1.807, 2.05) is 6.07 Å². The maximum Gasteiger partial charge on any atom is 0.336 e. The highest BCUT2D eigenvalue weighted by atomic mass is 16.4. The first-order chi connectivity index (χ1) is 19.4. The van der Waals surface area contributed by atoms with Crippen LogP contribution in [0.15, 0.2) is 18.5 Å². The smallest absolute Gasteiger partial charge is 0.336 e. The number of likely N-dealkylation sites (tertiary alicyclic amines) is 1. The van der Waals surface area contributed by atoms with E-state index in [1.54, 1.807) is 12.4 Å². The maximum atomic E-state index is 12.5. The largest absolute Gasteiger partial charge is 0.481 e. The van der Waals surface area contributed by atoms with Gasteiger partial charge in [0.25, 0.3) is 0 Å². The number of piperazine rings is 1. The van der Waals surface area contributed by atoms with Gasteiger partial charge in [-0.25, -0.2) is 14.8 Å². The predicted octanol–water partition coefficient (Wildman–Crippen LogP) is 0.840. The van der Waals surface area contributed by atoms with E-state index in [0.717, 1.165) is 64.4 Å². The van der Waals surface area contributed by atoms with Gasteiger partial charge in [0.2, 0.25) is 17.8 Å². The molecule has 3 aliphatic rings. The highest BCUT2D eigenvalue weighted by Crippen LogP contribution is 2.46. The number of imide groups is 1. The van der Waals surface area contributed by atoms with Gasteiger partial charge in [-0.05, 0) is 43.7 Å². The first-order valence-corrected chi connectivity index (χ1v) is 13.9. The van der Waals surface area contributed by atoms with E-state index in [1.165, 1.54) is 17.7 Å². The molecule has 1 saturated carbocycles. The second-order valence-electron chi connectivity index (χ2n) is 11.1. The van der Waals surface area contributed by atoms with Crippen LogP contribution < -0.4 is 4.90 Å². The molecule has 4 N–H and O–H groups in total. The number of aliphatic carboxylic acids is 3. The summed E-state index contributed by atoms with van der Waals surface area (Å²) < 4.78 is 0. The van der Waals surface area contributed by atoms with Crippen molar-refractivity contribution in [3.63, 3.8) is 0 Å². The Labute approximate surface area is 238 Å². The Morgan fingerprint density at radius 2 is 1.34 bits per heavy atom. The molecular weight excluding hydrogens is 538 g/mol. The second-order valence-corrected chi connectivity index (χ2v) is 11.1. The molecular formula is C27H39N5O9. The molecule has 0 unspecified atom stereocenters. The number of hydrogen-bond acceptors (Lipinski definition) is 10. The number of carbonyl (C=O) groups is 5. The van der Waals surface area contributed by atoms with Crippen molar-refractivity contribution < 1.29 is 44.4 Å². The summed E-state index contributed by atoms with van der Waals surface area (Å²) in [4.78, 5) is 70.4. The lowest BCUT2D eigenvalue weighted by molar-refractivity contribution is -0.170. The number of aromatic nitrogens is 2. The Kier molecular flexibility index (Phi) is 11.1. The molecule has 0 aromatic carbocycles. The SMILES string of the molecule is O=C(O)CC(O)(CC(=O)O)C(=O)O.O=C1CC2(CCCC2)CC(=O)N1CCCCN1CCN(c2ncccn2)CC1. The van der Waals surface area contributed by atoms with Gasteiger partial charge >= 0.3 is 17.9 Å². The number of nitrogens with zero attached hydrogens (tertiary/aromatic N) is 5. The average molecular weight is 578 g/mol. The maximum absolute atomic E-state index is 12.5. The molecule has 1 spiro atoms. The van der Waals surface area contributed by atoms with Crippen LogP contribution in [0.5, 0.6) is 0 Å². The fraction of sp³-hybridized carbons (Fsp3) is 0.667. The van der Waals surface area contributed by atoms with Crippen molar-refractivity contribution in [1.82, 2.24) is 19.8 Å². The molecule has 2 aliphatic heterocycles. The van der Waals surface area contributed by atoms with Crippen LogP contribution in [0.25, 0.3) is 0 Å². The molecule has 2 amide bonds. The highest BCUT2D eigenvalue weighted by Gasteiger charge is 2.45. The lowest BCUT2D eigenvalue weighted by Crippen LogP contribution is -2.48. The second kappa shape index (κ2) is 14.3. The Morgan fingerprint density at radius 1 is 0.829 bits per heavy atom. The number of rotatable bonds is 11. The van der Waals surface area contributed by atoms with E-state index in [-0.39, 0.29) is 17.2 Å². The molecule has 14 heteroatoms. The van der Waals surface area contributed by atoms with Gasteiger partial charge in [-0.1, -0.05) is 12.8 Å². The molecule has 3 fully saturated rings. The van der Waals surface area contributed by atoms with E-state index in [0.29, 0.717) is 19.4 Å². The summed E-state index contributed by atoms with van der Waals surface area (Å²) in [5, 5.41) is 33.8. The fourth-order valence-corrected chi connectivity index (χ4v) is 5.71. The fourth-order valence-electron chi connectivity index (χ4n) is 5.71. The van der Waals surface area contributed by atoms with Crippen LogP contribution in [0.1, 0.15) is 64.2 Å². The molecule has 2 saturated heterocycles. The van der Waals surface area contributed by atoms with Crippen molar-refractivity contribution in [1.29, 1.82) is 0 Å². The minimum absolute atomic E-state index is 0.00676. The molecule has 3 heterocycles. The van der Waals surface area contributed by atoms with Crippen molar-refractivity contribution in [3.05, 3.63) is 18.5 Å². The van der Waals surface area contributed by atoms with Gasteiger partial charge in [-0.3, -0.25) is 29.0 Å². The average Bonchev–Trinajstić information content (AvgIpc) is 3.35. The normalized spacial score (nSPS) is 19.1. The van der Waals surface area contributed by atoms with E-state index in [2.05, 4.69) is 19.8 Å². The first kappa shape index (κ1) is 31.9. The van der Waals surface area contributed by atoms with Gasteiger partial charge in [0.15, 0.2) is 5.60 Å². The zero-order chi connectivity index (χ0) is 30.0. The molecule has 1 aromatic rings. The number of piperidine rings is 1. The number of carboxylic acids is 3. The minimum atomic E-state index is -2.74. The molecule has 14 nitrogen and oxygen atoms in total. The van der Waals surface area contributed by atoms with Crippen LogP contribution in [-0.2, 0) is 24.0 Å². The standard InChI is InChI=1S/C21H31N5O2.C6H8O7/c27-18-16-21(6-1-2-7-21)17-19(28)26(18)11-4-3-10-24-12-14-25(15-13-24)20-22-8-5-9-23-20;7-3(8)1-6(13,5(11)12)2-4(9)10/h5,8-9H,1-4,6-7,10-17H2;13H,1-2H2,(H,7,8)(H,9,10)(H,11,12). The van der Waals surface area contributed by atoms with Gasteiger partial charge in [0.05, 0.1) is 12.8 Å². The summed E-state index contributed by atoms with van der Waals surface area (Å²) in [5.41, 5.74) is -2.73. The number of unbranched alkanes of at least 4 members (excludes halogenated alkanes) is 1. The molecule has 0 atom stereocenters. The van der Waals surface area contributed by atoms with Crippen molar-refractivity contribution in [3.8, 4) is 0 Å². The summed E-state index contributed by atoms with van der Waals surface area (Å²) in [6.07, 6.45) is 8.81. The summed E-state index contributed by atoms with van der Waals surface area (Å²) in [5.74, 6) is -4.08. The molecule has 41 heavy (non-hydrogen) atoms. The van der Waals surface area contributed by atoms with Gasteiger partial charge < -0.3 is 25.3 Å². The summed E-state index contributed by atoms with van der Waals surface area (Å²) in [7, 11) is 0. The lowest BCUT2D eigenvalue weighted by atomic mass is 9.76. The first-order valence-electron chi connectivity index (χ1n) is 13.9. The van der Waals surface area contributed by atoms with Crippen LogP contribution in [0, 0.1) is 5.41 Å². The van der Waals surface area contributed by atoms with Crippen molar-refractivity contribution in [2.24, 2.45) is 5.41 Å². The van der Waals surface area contributed by atoms with E-state index < -0.39 is 36.4 Å². The van der Waals surface area contributed by atoms with Crippen LogP contribution in [0.3, 0.4) is 0 Å². The molecule has 0 radical (unpaired) electrons. The number of hydrogen-bond donors (Lipinski definition) is 4. The predicted molar refractivity (Wildman–Crippen MR) is 144 cm³/mol. The monoisotopic (exact) mass is 577 g/mol. The Morgan fingerprint density at radius 3 is 1.83 bits per heavy atom. The van der Waals surface area contributed by atoms with Gasteiger partial charge in [0, 0.05) is 58.0 Å². The van der Waals surface area contributed by atoms with E-state index in [4.69, 9.17) is 20.4 Å². The zero-order valence-electron chi connectivity index (χ0n) is 23.1. The number of anilines is 1. The number of amides is 2. The number of carbonyl (C=O) groups excluding carboxylic acids is 2. The topological polar surface area (TPSA) is 202 Å². The van der Waals surface area contributed by atoms with E-state index in [9.17, 15) is 24.0 Å². The van der Waals surface area contributed by atoms with Crippen molar-refractivity contribution in [2.45, 2.75) is 69.8 Å². The molecule has 4 rings (SSSR count). The van der Waals surface area contributed by atoms with Gasteiger partial charge in [0.1, 0.15) is 0 Å². The summed E-state index contributed by atoms with van der Waals surface area (Å²) >= 11 is 0. The van der Waals surface area contributed by atoms with E-state index >= 15 is 0 Å². The van der Waals surface area contributed by atoms with Crippen LogP contribution in [0.4, 0.5) is 5.95 Å². The Balaban J connectivity index is 0.000000302. The number of aliphatic hydroxyl groups is 1. The summed E-state index contributed by atoms with van der Waals surface area (Å²) in [6, 6.07) is 1.84. The van der Waals surface area contributed by atoms with Crippen LogP contribution in [0.2, 0.25) is 0 Å². The highest BCUT2D eigenvalue weighted by molar-refractivity contribution is 5.98. The lowest BCUT2D eigenvalue weighted by Gasteiger charge is -2.37. The van der Waals surface area contributed by atoms with Crippen molar-refractivity contribution >= 4 is 35.7 Å². The Bertz CT molecular complexity index is 1050. The van der Waals surface area contributed by atoms with Crippen LogP contribution >= 0.6 is 0 Å².